The van der Waals surface area contributed by atoms with Gasteiger partial charge in [-0.05, 0) is 37.1 Å². The fraction of sp³-hybridized carbons (Fsp3) is 0.533. The molecule has 1 unspecified atom stereocenters. The molecular weight excluding hydrogens is 262 g/mol. The highest BCUT2D eigenvalue weighted by Crippen LogP contribution is 2.25. The zero-order valence-corrected chi connectivity index (χ0v) is 12.0. The molecule has 1 heterocycles. The van der Waals surface area contributed by atoms with Crippen LogP contribution in [0.3, 0.4) is 0 Å². The second kappa shape index (κ2) is 5.87. The highest BCUT2D eigenvalue weighted by Gasteiger charge is 2.33. The molecule has 1 aliphatic rings. The summed E-state index contributed by atoms with van der Waals surface area (Å²) < 4.78 is 26.2. The Kier molecular flexibility index (Phi) is 4.38. The Balaban J connectivity index is 2.13. The van der Waals surface area contributed by atoms with Crippen molar-refractivity contribution in [3.05, 3.63) is 35.4 Å². The molecule has 0 radical (unpaired) electrons. The van der Waals surface area contributed by atoms with Gasteiger partial charge in [0.2, 0.25) is 5.91 Å². The first-order chi connectivity index (χ1) is 9.41. The number of benzene rings is 1. The van der Waals surface area contributed by atoms with Crippen LogP contribution in [0.25, 0.3) is 0 Å². The van der Waals surface area contributed by atoms with Crippen molar-refractivity contribution in [1.82, 2.24) is 10.2 Å². The minimum absolute atomic E-state index is 0.0414. The van der Waals surface area contributed by atoms with Gasteiger partial charge in [0.1, 0.15) is 0 Å². The molecule has 3 atom stereocenters. The van der Waals surface area contributed by atoms with E-state index >= 15 is 0 Å². The topological polar surface area (TPSA) is 32.3 Å². The third-order valence-corrected chi connectivity index (χ3v) is 4.19. The Morgan fingerprint density at radius 3 is 2.60 bits per heavy atom. The zero-order valence-electron chi connectivity index (χ0n) is 12.0. The second-order valence-electron chi connectivity index (χ2n) is 5.54. The molecule has 1 aliphatic heterocycles. The number of nitrogens with zero attached hydrogens (tertiary/aromatic N) is 1. The Labute approximate surface area is 118 Å². The lowest BCUT2D eigenvalue weighted by atomic mass is 9.95. The summed E-state index contributed by atoms with van der Waals surface area (Å²) in [4.78, 5) is 14.1. The van der Waals surface area contributed by atoms with E-state index in [0.29, 0.717) is 18.0 Å². The molecule has 110 valence electrons. The molecule has 0 bridgehead atoms. The van der Waals surface area contributed by atoms with Crippen LogP contribution in [0.1, 0.15) is 25.5 Å². The van der Waals surface area contributed by atoms with Gasteiger partial charge < -0.3 is 10.2 Å². The molecule has 0 aliphatic carbocycles. The number of carbonyl (C=O) groups is 1. The largest absolute Gasteiger partial charge is 0.339 e. The summed E-state index contributed by atoms with van der Waals surface area (Å²) in [5, 5.41) is 3.20. The van der Waals surface area contributed by atoms with Gasteiger partial charge in [-0.25, -0.2) is 8.78 Å². The minimum atomic E-state index is -0.883. The first kappa shape index (κ1) is 14.9. The van der Waals surface area contributed by atoms with Crippen molar-refractivity contribution in [2.75, 3.05) is 20.1 Å². The highest BCUT2D eigenvalue weighted by molar-refractivity contribution is 5.80. The first-order valence-corrected chi connectivity index (χ1v) is 6.84. The van der Waals surface area contributed by atoms with Gasteiger partial charge in [0.15, 0.2) is 11.6 Å². The van der Waals surface area contributed by atoms with Crippen LogP contribution >= 0.6 is 0 Å². The maximum absolute atomic E-state index is 13.3. The van der Waals surface area contributed by atoms with Crippen LogP contribution < -0.4 is 5.32 Å². The molecule has 3 nitrogen and oxygen atoms in total. The minimum Gasteiger partial charge on any atom is -0.339 e. The second-order valence-corrected chi connectivity index (χ2v) is 5.54. The molecule has 20 heavy (non-hydrogen) atoms. The summed E-state index contributed by atoms with van der Waals surface area (Å²) in [6, 6.07) is 3.48. The van der Waals surface area contributed by atoms with Crippen molar-refractivity contribution in [3.8, 4) is 0 Å². The van der Waals surface area contributed by atoms with E-state index < -0.39 is 11.6 Å². The van der Waals surface area contributed by atoms with Crippen LogP contribution in [-0.2, 0) is 4.79 Å². The lowest BCUT2D eigenvalue weighted by Crippen LogP contribution is -2.37. The van der Waals surface area contributed by atoms with E-state index in [1.807, 2.05) is 13.8 Å². The lowest BCUT2D eigenvalue weighted by molar-refractivity contribution is -0.136. The number of hydrogen-bond donors (Lipinski definition) is 1. The average Bonchev–Trinajstić information content (AvgIpc) is 2.85. The van der Waals surface area contributed by atoms with Crippen LogP contribution in [0.2, 0.25) is 0 Å². The van der Waals surface area contributed by atoms with Crippen molar-refractivity contribution in [3.63, 3.8) is 0 Å². The summed E-state index contributed by atoms with van der Waals surface area (Å²) in [5.41, 5.74) is 0.596. The van der Waals surface area contributed by atoms with Crippen molar-refractivity contribution in [2.24, 2.45) is 11.8 Å². The predicted octanol–water partition coefficient (Wildman–Crippen LogP) is 2.34. The number of hydrogen-bond acceptors (Lipinski definition) is 2. The molecule has 0 spiro atoms. The van der Waals surface area contributed by atoms with Crippen LogP contribution in [0, 0.1) is 23.5 Å². The smallest absolute Gasteiger partial charge is 0.227 e. The van der Waals surface area contributed by atoms with Crippen LogP contribution in [0.15, 0.2) is 18.2 Å². The van der Waals surface area contributed by atoms with Gasteiger partial charge in [-0.1, -0.05) is 13.0 Å². The summed E-state index contributed by atoms with van der Waals surface area (Å²) in [6.07, 6.45) is 0. The van der Waals surface area contributed by atoms with Crippen molar-refractivity contribution in [2.45, 2.75) is 19.9 Å². The zero-order chi connectivity index (χ0) is 14.9. The Morgan fingerprint density at radius 2 is 2.05 bits per heavy atom. The number of rotatable bonds is 3. The molecule has 1 aromatic carbocycles. The van der Waals surface area contributed by atoms with Gasteiger partial charge in [-0.3, -0.25) is 4.79 Å². The van der Waals surface area contributed by atoms with Crippen molar-refractivity contribution < 1.29 is 13.6 Å². The van der Waals surface area contributed by atoms with Gasteiger partial charge in [0.25, 0.3) is 0 Å². The van der Waals surface area contributed by atoms with E-state index in [1.54, 1.807) is 11.9 Å². The normalized spacial score (nSPS) is 23.6. The highest BCUT2D eigenvalue weighted by atomic mass is 19.2. The molecule has 1 fully saturated rings. The van der Waals surface area contributed by atoms with E-state index in [9.17, 15) is 13.6 Å². The standard InChI is InChI=1S/C15H20F2N2O/c1-9-7-18-8-12(9)15(20)19(3)10(2)11-4-5-13(16)14(17)6-11/h4-6,9-10,12,18H,7-8H2,1-3H3/t9-,10?,12-/m1/s1. The van der Waals surface area contributed by atoms with Crippen LogP contribution in [0.4, 0.5) is 8.78 Å². The van der Waals surface area contributed by atoms with Crippen molar-refractivity contribution >= 4 is 5.91 Å². The van der Waals surface area contributed by atoms with E-state index in [1.165, 1.54) is 6.07 Å². The first-order valence-electron chi connectivity index (χ1n) is 6.84. The molecule has 1 saturated heterocycles. The van der Waals surface area contributed by atoms with Crippen LogP contribution in [0.5, 0.6) is 0 Å². The fourth-order valence-electron chi connectivity index (χ4n) is 2.59. The molecular formula is C15H20F2N2O. The molecule has 2 rings (SSSR count). The number of nitrogens with one attached hydrogen (secondary N) is 1. The third kappa shape index (κ3) is 2.82. The van der Waals surface area contributed by atoms with E-state index in [-0.39, 0.29) is 17.9 Å². The lowest BCUT2D eigenvalue weighted by Gasteiger charge is -2.29. The monoisotopic (exact) mass is 282 g/mol. The number of amides is 1. The third-order valence-electron chi connectivity index (χ3n) is 4.19. The molecule has 1 N–H and O–H groups in total. The summed E-state index contributed by atoms with van der Waals surface area (Å²) in [5.74, 6) is -1.47. The van der Waals surface area contributed by atoms with Gasteiger partial charge >= 0.3 is 0 Å². The van der Waals surface area contributed by atoms with Gasteiger partial charge in [0, 0.05) is 13.6 Å². The predicted molar refractivity (Wildman–Crippen MR) is 73.1 cm³/mol. The Bertz CT molecular complexity index is 507. The average molecular weight is 282 g/mol. The van der Waals surface area contributed by atoms with E-state index in [2.05, 4.69) is 5.32 Å². The van der Waals surface area contributed by atoms with Crippen molar-refractivity contribution in [1.29, 1.82) is 0 Å². The molecule has 1 aromatic rings. The Hall–Kier alpha value is -1.49. The van der Waals surface area contributed by atoms with E-state index in [4.69, 9.17) is 0 Å². The maximum atomic E-state index is 13.3. The number of carbonyl (C=O) groups excluding carboxylic acids is 1. The molecule has 1 amide bonds. The van der Waals surface area contributed by atoms with E-state index in [0.717, 1.165) is 18.7 Å². The maximum Gasteiger partial charge on any atom is 0.227 e. The van der Waals surface area contributed by atoms with Crippen LogP contribution in [-0.4, -0.2) is 30.9 Å². The molecule has 5 heteroatoms. The SMILES string of the molecule is CC(c1ccc(F)c(F)c1)N(C)C(=O)[C@@H]1CNC[C@H]1C. The van der Waals surface area contributed by atoms with Gasteiger partial charge in [-0.2, -0.15) is 0 Å². The molecule has 0 saturated carbocycles. The summed E-state index contributed by atoms with van der Waals surface area (Å²) in [7, 11) is 1.71. The summed E-state index contributed by atoms with van der Waals surface area (Å²) >= 11 is 0. The van der Waals surface area contributed by atoms with Gasteiger partial charge in [-0.15, -0.1) is 0 Å². The van der Waals surface area contributed by atoms with Gasteiger partial charge in [0.05, 0.1) is 12.0 Å². The quantitative estimate of drug-likeness (QED) is 0.923. The molecule has 0 aromatic heterocycles. The summed E-state index contributed by atoms with van der Waals surface area (Å²) in [6.45, 7) is 5.37. The Morgan fingerprint density at radius 1 is 1.35 bits per heavy atom. The fourth-order valence-corrected chi connectivity index (χ4v) is 2.59. The number of halogens is 2.